The molecular weight excluding hydrogens is 332 g/mol. The maximum atomic E-state index is 9.99. The van der Waals surface area contributed by atoms with E-state index < -0.39 is 0 Å². The number of hydrogen-bond acceptors (Lipinski definition) is 4. The van der Waals surface area contributed by atoms with Crippen LogP contribution in [0.5, 0.6) is 11.5 Å². The van der Waals surface area contributed by atoms with Gasteiger partial charge >= 0.3 is 0 Å². The lowest BCUT2D eigenvalue weighted by Crippen LogP contribution is -2.10. The molecule has 1 aliphatic rings. The number of halogens is 1. The van der Waals surface area contributed by atoms with Crippen molar-refractivity contribution < 1.29 is 10.2 Å². The van der Waals surface area contributed by atoms with Crippen LogP contribution in [0.4, 0.5) is 0 Å². The average molecular weight is 347 g/mol. The molecule has 0 spiro atoms. The van der Waals surface area contributed by atoms with Crippen molar-refractivity contribution in [2.45, 2.75) is 19.4 Å². The molecule has 0 saturated carbocycles. The van der Waals surface area contributed by atoms with Crippen LogP contribution in [0.3, 0.4) is 0 Å². The van der Waals surface area contributed by atoms with Crippen LogP contribution >= 0.6 is 15.9 Å². The Morgan fingerprint density at radius 1 is 1.14 bits per heavy atom. The third-order valence-electron chi connectivity index (χ3n) is 3.58. The summed E-state index contributed by atoms with van der Waals surface area (Å²) in [5.41, 5.74) is 6.42. The summed E-state index contributed by atoms with van der Waals surface area (Å²) in [7, 11) is 0. The summed E-state index contributed by atoms with van der Waals surface area (Å²) in [6.07, 6.45) is 0.612. The Hall–Kier alpha value is -2.01. The van der Waals surface area contributed by atoms with Crippen LogP contribution in [0, 0.1) is 6.92 Å². The lowest BCUT2D eigenvalue weighted by Gasteiger charge is -2.12. The number of nitrogens with one attached hydrogen (secondary N) is 1. The van der Waals surface area contributed by atoms with Gasteiger partial charge in [0.15, 0.2) is 0 Å². The van der Waals surface area contributed by atoms with Gasteiger partial charge in [-0.3, -0.25) is 0 Å². The number of benzene rings is 2. The van der Waals surface area contributed by atoms with E-state index >= 15 is 0 Å². The van der Waals surface area contributed by atoms with Gasteiger partial charge in [0.2, 0.25) is 0 Å². The Bertz CT molecular complexity index is 728. The first kappa shape index (κ1) is 13.9. The van der Waals surface area contributed by atoms with Gasteiger partial charge in [0, 0.05) is 22.0 Å². The third-order valence-corrected chi connectivity index (χ3v) is 4.07. The Kier molecular flexibility index (Phi) is 3.59. The summed E-state index contributed by atoms with van der Waals surface area (Å²) in [5, 5.41) is 24.3. The topological polar surface area (TPSA) is 64.9 Å². The van der Waals surface area contributed by atoms with E-state index in [2.05, 4.69) is 26.5 Å². The van der Waals surface area contributed by atoms with Gasteiger partial charge in [-0.15, -0.1) is 0 Å². The minimum Gasteiger partial charge on any atom is -0.508 e. The predicted molar refractivity (Wildman–Crippen MR) is 85.7 cm³/mol. The number of hydrogen-bond donors (Lipinski definition) is 3. The van der Waals surface area contributed by atoms with Crippen LogP contribution in [-0.2, 0) is 0 Å². The van der Waals surface area contributed by atoms with Crippen LogP contribution in [0.1, 0.15) is 29.2 Å². The molecule has 5 heteroatoms. The van der Waals surface area contributed by atoms with Crippen molar-refractivity contribution in [1.29, 1.82) is 0 Å². The Balaban J connectivity index is 1.88. The summed E-state index contributed by atoms with van der Waals surface area (Å²) in [5.74, 6) is 0.459. The molecule has 0 aromatic heterocycles. The zero-order valence-corrected chi connectivity index (χ0v) is 13.1. The molecule has 108 valence electrons. The summed E-state index contributed by atoms with van der Waals surface area (Å²) >= 11 is 3.41. The van der Waals surface area contributed by atoms with Crippen molar-refractivity contribution in [3.63, 3.8) is 0 Å². The predicted octanol–water partition coefficient (Wildman–Crippen LogP) is 3.61. The number of aryl methyl sites for hydroxylation is 1. The molecule has 3 rings (SSSR count). The SMILES string of the molecule is Cc1ccc(O)c(C2=NN[C@@H](c3cc(Br)ccc3O)C2)c1. The quantitative estimate of drug-likeness (QED) is 0.778. The number of phenolic OH excluding ortho intramolecular Hbond substituents is 2. The second-order valence-electron chi connectivity index (χ2n) is 5.17. The van der Waals surface area contributed by atoms with Gasteiger partial charge < -0.3 is 15.6 Å². The molecule has 0 bridgehead atoms. The highest BCUT2D eigenvalue weighted by atomic mass is 79.9. The molecule has 21 heavy (non-hydrogen) atoms. The normalized spacial score (nSPS) is 17.4. The fourth-order valence-corrected chi connectivity index (χ4v) is 2.85. The molecule has 0 unspecified atom stereocenters. The molecule has 0 radical (unpaired) electrons. The fourth-order valence-electron chi connectivity index (χ4n) is 2.48. The smallest absolute Gasteiger partial charge is 0.124 e. The molecule has 0 aliphatic carbocycles. The first-order chi connectivity index (χ1) is 10.0. The summed E-state index contributed by atoms with van der Waals surface area (Å²) < 4.78 is 0.906. The highest BCUT2D eigenvalue weighted by Crippen LogP contribution is 2.34. The number of hydrazone groups is 1. The Morgan fingerprint density at radius 3 is 2.71 bits per heavy atom. The molecular formula is C16H15BrN2O2. The molecule has 3 N–H and O–H groups in total. The molecule has 2 aromatic rings. The fraction of sp³-hybridized carbons (Fsp3) is 0.188. The van der Waals surface area contributed by atoms with Crippen molar-refractivity contribution in [3.05, 3.63) is 57.6 Å². The van der Waals surface area contributed by atoms with Crippen LogP contribution in [-0.4, -0.2) is 15.9 Å². The van der Waals surface area contributed by atoms with E-state index in [0.29, 0.717) is 6.42 Å². The first-order valence-corrected chi connectivity index (χ1v) is 7.44. The Labute approximate surface area is 131 Å². The van der Waals surface area contributed by atoms with Crippen molar-refractivity contribution >= 4 is 21.6 Å². The van der Waals surface area contributed by atoms with E-state index in [9.17, 15) is 10.2 Å². The van der Waals surface area contributed by atoms with Gasteiger partial charge in [-0.05, 0) is 37.3 Å². The van der Waals surface area contributed by atoms with Gasteiger partial charge in [-0.2, -0.15) is 5.10 Å². The summed E-state index contributed by atoms with van der Waals surface area (Å²) in [6, 6.07) is 10.7. The molecule has 1 heterocycles. The number of nitrogens with zero attached hydrogens (tertiary/aromatic N) is 1. The second-order valence-corrected chi connectivity index (χ2v) is 6.08. The second kappa shape index (κ2) is 5.41. The zero-order chi connectivity index (χ0) is 15.0. The first-order valence-electron chi connectivity index (χ1n) is 6.65. The van der Waals surface area contributed by atoms with Crippen LogP contribution in [0.15, 0.2) is 46.0 Å². The summed E-state index contributed by atoms with van der Waals surface area (Å²) in [4.78, 5) is 0. The molecule has 0 amide bonds. The van der Waals surface area contributed by atoms with Gasteiger partial charge in [-0.25, -0.2) is 0 Å². The van der Waals surface area contributed by atoms with Crippen LogP contribution < -0.4 is 5.43 Å². The third kappa shape index (κ3) is 2.74. The van der Waals surface area contributed by atoms with E-state index in [1.807, 2.05) is 25.1 Å². The minimum atomic E-state index is -0.0996. The van der Waals surface area contributed by atoms with E-state index in [-0.39, 0.29) is 17.5 Å². The van der Waals surface area contributed by atoms with Crippen molar-refractivity contribution in [3.8, 4) is 11.5 Å². The lowest BCUT2D eigenvalue weighted by atomic mass is 9.97. The van der Waals surface area contributed by atoms with E-state index in [1.165, 1.54) is 0 Å². The molecule has 2 aromatic carbocycles. The van der Waals surface area contributed by atoms with E-state index in [1.54, 1.807) is 18.2 Å². The van der Waals surface area contributed by atoms with Crippen LogP contribution in [0.2, 0.25) is 0 Å². The lowest BCUT2D eigenvalue weighted by molar-refractivity contribution is 0.455. The van der Waals surface area contributed by atoms with Crippen molar-refractivity contribution in [1.82, 2.24) is 5.43 Å². The average Bonchev–Trinajstić information content (AvgIpc) is 2.93. The molecule has 1 aliphatic heterocycles. The monoisotopic (exact) mass is 346 g/mol. The van der Waals surface area contributed by atoms with E-state index in [0.717, 1.165) is 26.9 Å². The van der Waals surface area contributed by atoms with Gasteiger partial charge in [-0.1, -0.05) is 27.6 Å². The Morgan fingerprint density at radius 2 is 1.90 bits per heavy atom. The number of aromatic hydroxyl groups is 2. The maximum Gasteiger partial charge on any atom is 0.124 e. The van der Waals surface area contributed by atoms with Gasteiger partial charge in [0.05, 0.1) is 11.8 Å². The number of phenols is 2. The van der Waals surface area contributed by atoms with Crippen molar-refractivity contribution in [2.75, 3.05) is 0 Å². The van der Waals surface area contributed by atoms with E-state index in [4.69, 9.17) is 0 Å². The van der Waals surface area contributed by atoms with Crippen molar-refractivity contribution in [2.24, 2.45) is 5.10 Å². The highest BCUT2D eigenvalue weighted by molar-refractivity contribution is 9.10. The maximum absolute atomic E-state index is 9.99. The standard InChI is InChI=1S/C16H15BrN2O2/c1-9-2-4-15(20)11(6-9)13-8-14(19-18-13)12-7-10(17)3-5-16(12)21/h2-7,14,19-21H,8H2,1H3/t14-/m1/s1. The summed E-state index contributed by atoms with van der Waals surface area (Å²) in [6.45, 7) is 1.98. The molecule has 0 fully saturated rings. The molecule has 1 atom stereocenters. The highest BCUT2D eigenvalue weighted by Gasteiger charge is 2.25. The minimum absolute atomic E-state index is 0.0996. The zero-order valence-electron chi connectivity index (χ0n) is 11.5. The number of rotatable bonds is 2. The molecule has 0 saturated heterocycles. The van der Waals surface area contributed by atoms with Crippen LogP contribution in [0.25, 0.3) is 0 Å². The largest absolute Gasteiger partial charge is 0.508 e. The van der Waals surface area contributed by atoms with Gasteiger partial charge in [0.1, 0.15) is 11.5 Å². The van der Waals surface area contributed by atoms with Gasteiger partial charge in [0.25, 0.3) is 0 Å². The molecule has 4 nitrogen and oxygen atoms in total.